The Bertz CT molecular complexity index is 1460. The highest BCUT2D eigenvalue weighted by atomic mass is 16.6. The number of carbonyl (C=O) groups is 1. The summed E-state index contributed by atoms with van der Waals surface area (Å²) in [5, 5.41) is 23.7. The van der Waals surface area contributed by atoms with Crippen molar-refractivity contribution in [3.05, 3.63) is 75.8 Å². The van der Waals surface area contributed by atoms with E-state index in [1.807, 2.05) is 49.1 Å². The van der Waals surface area contributed by atoms with Crippen LogP contribution in [0.1, 0.15) is 22.8 Å². The van der Waals surface area contributed by atoms with Gasteiger partial charge >= 0.3 is 0 Å². The zero-order valence-corrected chi connectivity index (χ0v) is 20.5. The smallest absolute Gasteiger partial charge is 0.293 e. The second-order valence-corrected chi connectivity index (χ2v) is 8.59. The van der Waals surface area contributed by atoms with E-state index < -0.39 is 10.8 Å². The maximum atomic E-state index is 13.1. The average molecular weight is 503 g/mol. The van der Waals surface area contributed by atoms with Crippen LogP contribution >= 0.6 is 0 Å². The Balaban J connectivity index is 1.39. The molecular weight excluding hydrogens is 476 g/mol. The molecule has 190 valence electrons. The van der Waals surface area contributed by atoms with Gasteiger partial charge in [-0.1, -0.05) is 0 Å². The van der Waals surface area contributed by atoms with Gasteiger partial charge in [0.05, 0.1) is 30.4 Å². The van der Waals surface area contributed by atoms with Crippen LogP contribution in [0.25, 0.3) is 16.7 Å². The number of benzene rings is 3. The highest BCUT2D eigenvalue weighted by Gasteiger charge is 2.23. The number of nitrogens with one attached hydrogen (secondary N) is 1. The van der Waals surface area contributed by atoms with E-state index in [9.17, 15) is 14.9 Å². The topological polar surface area (TPSA) is 125 Å². The molecule has 0 saturated carbocycles. The van der Waals surface area contributed by atoms with E-state index >= 15 is 0 Å². The number of aryl methyl sites for hydroxylation is 1. The molecule has 5 rings (SSSR count). The number of fused-ring (bicyclic) bond motifs is 1. The van der Waals surface area contributed by atoms with E-state index in [1.165, 1.54) is 10.9 Å². The molecule has 3 aromatic carbocycles. The summed E-state index contributed by atoms with van der Waals surface area (Å²) in [6.45, 7) is 6.49. The van der Waals surface area contributed by atoms with Crippen molar-refractivity contribution in [1.82, 2.24) is 15.0 Å². The molecule has 37 heavy (non-hydrogen) atoms. The number of hydrogen-bond donors (Lipinski definition) is 1. The standard InChI is InChI=1S/C26H26N6O5/c1-3-37-20-7-5-19(6-8-20)31-28-22-14-17(2)21(16-23(22)29-31)27-26(33)18-4-9-24(25(15-18)32(34)35)30-10-12-36-13-11-30/h4-9,14-16H,3,10-13H2,1-2H3,(H,27,33). The molecular formula is C26H26N6O5. The lowest BCUT2D eigenvalue weighted by molar-refractivity contribution is -0.384. The SMILES string of the molecule is CCOc1ccc(-n2nc3cc(C)c(NC(=O)c4ccc(N5CCOCC5)c([N+](=O)[O-])c4)cc3n2)cc1. The van der Waals surface area contributed by atoms with Gasteiger partial charge in [0, 0.05) is 30.4 Å². The minimum absolute atomic E-state index is 0.111. The molecule has 0 atom stereocenters. The van der Waals surface area contributed by atoms with E-state index in [2.05, 4.69) is 15.5 Å². The zero-order valence-electron chi connectivity index (χ0n) is 20.5. The van der Waals surface area contributed by atoms with Crippen LogP contribution in [0.4, 0.5) is 17.1 Å². The fraction of sp³-hybridized carbons (Fsp3) is 0.269. The second-order valence-electron chi connectivity index (χ2n) is 8.59. The van der Waals surface area contributed by atoms with Gasteiger partial charge in [0.1, 0.15) is 22.5 Å². The predicted octanol–water partition coefficient (Wildman–Crippen LogP) is 4.12. The first-order valence-electron chi connectivity index (χ1n) is 12.0. The van der Waals surface area contributed by atoms with Crippen molar-refractivity contribution in [2.24, 2.45) is 0 Å². The Morgan fingerprint density at radius 3 is 2.46 bits per heavy atom. The van der Waals surface area contributed by atoms with Crippen molar-refractivity contribution in [2.75, 3.05) is 43.1 Å². The number of nitro groups is 1. The van der Waals surface area contributed by atoms with Crippen LogP contribution in [0.2, 0.25) is 0 Å². The average Bonchev–Trinajstić information content (AvgIpc) is 3.32. The van der Waals surface area contributed by atoms with E-state index in [1.54, 1.807) is 18.2 Å². The summed E-state index contributed by atoms with van der Waals surface area (Å²) in [5.74, 6) is 0.319. The number of rotatable bonds is 7. The summed E-state index contributed by atoms with van der Waals surface area (Å²) in [4.78, 5) is 27.8. The minimum Gasteiger partial charge on any atom is -0.494 e. The van der Waals surface area contributed by atoms with Gasteiger partial charge in [-0.05, 0) is 67.9 Å². The van der Waals surface area contributed by atoms with Gasteiger partial charge in [0.2, 0.25) is 0 Å². The van der Waals surface area contributed by atoms with Crippen LogP contribution in [-0.2, 0) is 4.74 Å². The van der Waals surface area contributed by atoms with Gasteiger partial charge in [-0.25, -0.2) is 0 Å². The summed E-state index contributed by atoms with van der Waals surface area (Å²) >= 11 is 0. The fourth-order valence-electron chi connectivity index (χ4n) is 4.24. The predicted molar refractivity (Wildman–Crippen MR) is 139 cm³/mol. The summed E-state index contributed by atoms with van der Waals surface area (Å²) in [7, 11) is 0. The van der Waals surface area contributed by atoms with Crippen LogP contribution in [0.5, 0.6) is 5.75 Å². The van der Waals surface area contributed by atoms with E-state index in [4.69, 9.17) is 9.47 Å². The van der Waals surface area contributed by atoms with E-state index in [-0.39, 0.29) is 11.3 Å². The highest BCUT2D eigenvalue weighted by Crippen LogP contribution is 2.31. The molecule has 11 heteroatoms. The third-order valence-corrected chi connectivity index (χ3v) is 6.14. The number of nitro benzene ring substituents is 1. The van der Waals surface area contributed by atoms with Crippen molar-refractivity contribution in [1.29, 1.82) is 0 Å². The molecule has 1 fully saturated rings. The lowest BCUT2D eigenvalue weighted by Crippen LogP contribution is -2.36. The van der Waals surface area contributed by atoms with Crippen molar-refractivity contribution in [3.63, 3.8) is 0 Å². The second kappa shape index (κ2) is 10.2. The van der Waals surface area contributed by atoms with Crippen molar-refractivity contribution < 1.29 is 19.2 Å². The zero-order chi connectivity index (χ0) is 25.9. The molecule has 1 aliphatic rings. The molecule has 4 aromatic rings. The molecule has 0 bridgehead atoms. The number of aromatic nitrogens is 3. The third-order valence-electron chi connectivity index (χ3n) is 6.14. The molecule has 0 aliphatic carbocycles. The van der Waals surface area contributed by atoms with Gasteiger partial charge in [0.15, 0.2) is 0 Å². The number of carbonyl (C=O) groups excluding carboxylic acids is 1. The molecule has 1 amide bonds. The van der Waals surface area contributed by atoms with Gasteiger partial charge in [0.25, 0.3) is 11.6 Å². The summed E-state index contributed by atoms with van der Waals surface area (Å²) in [6, 6.07) is 15.6. The Kier molecular flexibility index (Phi) is 6.69. The number of hydrogen-bond acceptors (Lipinski definition) is 8. The maximum Gasteiger partial charge on any atom is 0.293 e. The van der Waals surface area contributed by atoms with Crippen LogP contribution in [0.3, 0.4) is 0 Å². The van der Waals surface area contributed by atoms with Crippen molar-refractivity contribution >= 4 is 34.0 Å². The third kappa shape index (κ3) is 5.07. The van der Waals surface area contributed by atoms with Crippen molar-refractivity contribution in [2.45, 2.75) is 13.8 Å². The quantitative estimate of drug-likeness (QED) is 0.296. The molecule has 11 nitrogen and oxygen atoms in total. The lowest BCUT2D eigenvalue weighted by atomic mass is 10.1. The number of anilines is 2. The Labute approximate surface area is 212 Å². The Hall–Kier alpha value is -4.51. The first-order chi connectivity index (χ1) is 17.9. The maximum absolute atomic E-state index is 13.1. The number of morpholine rings is 1. The Morgan fingerprint density at radius 1 is 1.08 bits per heavy atom. The van der Waals surface area contributed by atoms with E-state index in [0.717, 1.165) is 17.0 Å². The summed E-state index contributed by atoms with van der Waals surface area (Å²) in [5.41, 5.74) is 3.96. The number of nitrogens with zero attached hydrogens (tertiary/aromatic N) is 5. The van der Waals surface area contributed by atoms with Crippen LogP contribution in [0.15, 0.2) is 54.6 Å². The van der Waals surface area contributed by atoms with Gasteiger partial charge < -0.3 is 19.7 Å². The number of amides is 1. The molecule has 1 N–H and O–H groups in total. The highest BCUT2D eigenvalue weighted by molar-refractivity contribution is 6.06. The van der Waals surface area contributed by atoms with Crippen LogP contribution < -0.4 is 15.0 Å². The molecule has 1 saturated heterocycles. The summed E-state index contributed by atoms with van der Waals surface area (Å²) in [6.07, 6.45) is 0. The molecule has 2 heterocycles. The van der Waals surface area contributed by atoms with Gasteiger partial charge in [-0.2, -0.15) is 4.80 Å². The summed E-state index contributed by atoms with van der Waals surface area (Å²) < 4.78 is 10.8. The Morgan fingerprint density at radius 2 is 1.78 bits per heavy atom. The molecule has 0 unspecified atom stereocenters. The minimum atomic E-state index is -0.460. The fourth-order valence-corrected chi connectivity index (χ4v) is 4.24. The van der Waals surface area contributed by atoms with Gasteiger partial charge in [-0.3, -0.25) is 14.9 Å². The van der Waals surface area contributed by atoms with Crippen LogP contribution in [0, 0.1) is 17.0 Å². The van der Waals surface area contributed by atoms with Crippen molar-refractivity contribution in [3.8, 4) is 11.4 Å². The van der Waals surface area contributed by atoms with Crippen LogP contribution in [-0.4, -0.2) is 58.7 Å². The first-order valence-corrected chi connectivity index (χ1v) is 12.0. The lowest BCUT2D eigenvalue weighted by Gasteiger charge is -2.28. The van der Waals surface area contributed by atoms with Gasteiger partial charge in [-0.15, -0.1) is 10.2 Å². The first kappa shape index (κ1) is 24.2. The molecule has 1 aliphatic heterocycles. The normalized spacial score (nSPS) is 13.5. The van der Waals surface area contributed by atoms with E-state index in [0.29, 0.717) is 55.3 Å². The molecule has 0 radical (unpaired) electrons. The molecule has 0 spiro atoms. The molecule has 1 aromatic heterocycles. The number of ether oxygens (including phenoxy) is 2. The monoisotopic (exact) mass is 502 g/mol. The largest absolute Gasteiger partial charge is 0.494 e.